The highest BCUT2D eigenvalue weighted by atomic mass is 16.2. The fourth-order valence-corrected chi connectivity index (χ4v) is 2.30. The van der Waals surface area contributed by atoms with E-state index in [0.717, 1.165) is 25.0 Å². The summed E-state index contributed by atoms with van der Waals surface area (Å²) >= 11 is 0. The Kier molecular flexibility index (Phi) is 5.62. The van der Waals surface area contributed by atoms with E-state index in [2.05, 4.69) is 22.5 Å². The van der Waals surface area contributed by atoms with Gasteiger partial charge in [0.1, 0.15) is 0 Å². The number of rotatable bonds is 6. The number of unbranched alkanes of at least 4 members (excludes halogenated alkanes) is 1. The summed E-state index contributed by atoms with van der Waals surface area (Å²) in [4.78, 5) is 24.7. The van der Waals surface area contributed by atoms with Gasteiger partial charge in [-0.3, -0.25) is 9.59 Å². The van der Waals surface area contributed by atoms with Crippen LogP contribution in [0.15, 0.2) is 34.2 Å². The third-order valence-electron chi connectivity index (χ3n) is 3.62. The lowest BCUT2D eigenvalue weighted by Crippen LogP contribution is -2.28. The molecule has 1 aromatic carbocycles. The lowest BCUT2D eigenvalue weighted by Gasteiger charge is -2.08. The van der Waals surface area contributed by atoms with Gasteiger partial charge in [0.25, 0.3) is 11.5 Å². The molecule has 0 aliphatic carbocycles. The van der Waals surface area contributed by atoms with E-state index in [4.69, 9.17) is 0 Å². The maximum atomic E-state index is 12.4. The lowest BCUT2D eigenvalue weighted by atomic mass is 10.1. The molecule has 23 heavy (non-hydrogen) atoms. The number of aryl methyl sites for hydroxylation is 1. The predicted octanol–water partition coefficient (Wildman–Crippen LogP) is 2.71. The van der Waals surface area contributed by atoms with Gasteiger partial charge in [0.15, 0.2) is 5.69 Å². The topological polar surface area (TPSA) is 76.3 Å². The summed E-state index contributed by atoms with van der Waals surface area (Å²) in [5.74, 6) is -0.403. The SMILES string of the molecule is CCCC/C(C)=N\NC(=O)c1nn(CC)c(=O)c2ccccc12. The number of nitrogens with one attached hydrogen (secondary N) is 1. The monoisotopic (exact) mass is 314 g/mol. The Morgan fingerprint density at radius 2 is 1.96 bits per heavy atom. The zero-order valence-electron chi connectivity index (χ0n) is 13.8. The van der Waals surface area contributed by atoms with Gasteiger partial charge < -0.3 is 0 Å². The van der Waals surface area contributed by atoms with Gasteiger partial charge in [-0.05, 0) is 32.8 Å². The first kappa shape index (κ1) is 16.9. The van der Waals surface area contributed by atoms with Crippen molar-refractivity contribution in [1.29, 1.82) is 0 Å². The number of aromatic nitrogens is 2. The molecule has 6 heteroatoms. The van der Waals surface area contributed by atoms with Gasteiger partial charge in [-0.2, -0.15) is 10.2 Å². The van der Waals surface area contributed by atoms with Crippen molar-refractivity contribution in [2.24, 2.45) is 5.10 Å². The number of hydrazone groups is 1. The van der Waals surface area contributed by atoms with Crippen LogP contribution in [-0.2, 0) is 6.54 Å². The third-order valence-corrected chi connectivity index (χ3v) is 3.62. The standard InChI is InChI=1S/C17H22N4O2/c1-4-6-9-12(3)18-19-16(22)15-13-10-7-8-11-14(13)17(23)21(5-2)20-15/h7-8,10-11H,4-6,9H2,1-3H3,(H,19,22)/b18-12-. The molecule has 122 valence electrons. The zero-order valence-corrected chi connectivity index (χ0v) is 13.8. The Bertz CT molecular complexity index is 793. The lowest BCUT2D eigenvalue weighted by molar-refractivity contribution is 0.0949. The smallest absolute Gasteiger partial charge is 0.267 e. The molecular formula is C17H22N4O2. The Balaban J connectivity index is 2.37. The van der Waals surface area contributed by atoms with E-state index in [1.807, 2.05) is 13.8 Å². The van der Waals surface area contributed by atoms with E-state index < -0.39 is 5.91 Å². The molecule has 0 saturated carbocycles. The highest BCUT2D eigenvalue weighted by Crippen LogP contribution is 2.13. The molecular weight excluding hydrogens is 292 g/mol. The van der Waals surface area contributed by atoms with Crippen LogP contribution >= 0.6 is 0 Å². The summed E-state index contributed by atoms with van der Waals surface area (Å²) in [6.45, 7) is 6.21. The summed E-state index contributed by atoms with van der Waals surface area (Å²) in [5.41, 5.74) is 3.43. The molecule has 0 spiro atoms. The molecule has 0 bridgehead atoms. The minimum atomic E-state index is -0.403. The Labute approximate surface area is 135 Å². The average molecular weight is 314 g/mol. The molecule has 1 N–H and O–H groups in total. The summed E-state index contributed by atoms with van der Waals surface area (Å²) in [6, 6.07) is 7.00. The summed E-state index contributed by atoms with van der Waals surface area (Å²) in [7, 11) is 0. The van der Waals surface area contributed by atoms with Gasteiger partial charge in [-0.25, -0.2) is 10.1 Å². The molecule has 2 aromatic rings. The molecule has 0 radical (unpaired) electrons. The van der Waals surface area contributed by atoms with E-state index in [9.17, 15) is 9.59 Å². The second-order valence-electron chi connectivity index (χ2n) is 5.41. The van der Waals surface area contributed by atoms with Crippen molar-refractivity contribution >= 4 is 22.4 Å². The molecule has 1 heterocycles. The molecule has 2 rings (SSSR count). The minimum Gasteiger partial charge on any atom is -0.267 e. The van der Waals surface area contributed by atoms with E-state index in [1.54, 1.807) is 24.3 Å². The summed E-state index contributed by atoms with van der Waals surface area (Å²) in [5, 5.41) is 9.32. The van der Waals surface area contributed by atoms with Crippen LogP contribution in [0.5, 0.6) is 0 Å². The van der Waals surface area contributed by atoms with Crippen molar-refractivity contribution in [1.82, 2.24) is 15.2 Å². The number of hydrogen-bond donors (Lipinski definition) is 1. The van der Waals surface area contributed by atoms with Gasteiger partial charge in [0, 0.05) is 17.6 Å². The Morgan fingerprint density at radius 3 is 2.61 bits per heavy atom. The van der Waals surface area contributed by atoms with Crippen LogP contribution in [0.3, 0.4) is 0 Å². The molecule has 0 fully saturated rings. The van der Waals surface area contributed by atoms with Crippen LogP contribution < -0.4 is 11.0 Å². The number of hydrogen-bond acceptors (Lipinski definition) is 4. The molecule has 0 unspecified atom stereocenters. The zero-order chi connectivity index (χ0) is 16.8. The molecule has 0 aliphatic rings. The van der Waals surface area contributed by atoms with E-state index in [1.165, 1.54) is 4.68 Å². The molecule has 1 amide bonds. The maximum absolute atomic E-state index is 12.4. The summed E-state index contributed by atoms with van der Waals surface area (Å²) in [6.07, 6.45) is 2.96. The van der Waals surface area contributed by atoms with Crippen molar-refractivity contribution in [2.75, 3.05) is 0 Å². The van der Waals surface area contributed by atoms with Crippen LogP contribution in [0, 0.1) is 0 Å². The molecule has 1 aromatic heterocycles. The molecule has 0 saturated heterocycles. The number of amides is 1. The quantitative estimate of drug-likeness (QED) is 0.658. The van der Waals surface area contributed by atoms with Crippen molar-refractivity contribution in [3.8, 4) is 0 Å². The first-order valence-electron chi connectivity index (χ1n) is 7.91. The van der Waals surface area contributed by atoms with Crippen LogP contribution in [0.25, 0.3) is 10.8 Å². The van der Waals surface area contributed by atoms with E-state index in [0.29, 0.717) is 17.3 Å². The van der Waals surface area contributed by atoms with Gasteiger partial charge in [-0.15, -0.1) is 0 Å². The van der Waals surface area contributed by atoms with Crippen LogP contribution in [0.2, 0.25) is 0 Å². The largest absolute Gasteiger partial charge is 0.292 e. The highest BCUT2D eigenvalue weighted by Gasteiger charge is 2.15. The van der Waals surface area contributed by atoms with Crippen molar-refractivity contribution in [3.63, 3.8) is 0 Å². The first-order valence-corrected chi connectivity index (χ1v) is 7.91. The van der Waals surface area contributed by atoms with Crippen molar-refractivity contribution in [3.05, 3.63) is 40.3 Å². The fraction of sp³-hybridized carbons (Fsp3) is 0.412. The number of carbonyl (C=O) groups excluding carboxylic acids is 1. The average Bonchev–Trinajstić information content (AvgIpc) is 2.58. The minimum absolute atomic E-state index is 0.192. The normalized spacial score (nSPS) is 11.7. The van der Waals surface area contributed by atoms with Gasteiger partial charge in [0.05, 0.1) is 5.39 Å². The van der Waals surface area contributed by atoms with Crippen LogP contribution in [0.1, 0.15) is 50.5 Å². The van der Waals surface area contributed by atoms with Gasteiger partial charge in [0.2, 0.25) is 0 Å². The van der Waals surface area contributed by atoms with Crippen LogP contribution in [0.4, 0.5) is 0 Å². The molecule has 0 atom stereocenters. The molecule has 0 aliphatic heterocycles. The molecule has 6 nitrogen and oxygen atoms in total. The second kappa shape index (κ2) is 7.67. The van der Waals surface area contributed by atoms with Gasteiger partial charge in [-0.1, -0.05) is 31.5 Å². The fourth-order valence-electron chi connectivity index (χ4n) is 2.30. The Hall–Kier alpha value is -2.50. The first-order chi connectivity index (χ1) is 11.1. The number of fused-ring (bicyclic) bond motifs is 1. The van der Waals surface area contributed by atoms with E-state index >= 15 is 0 Å². The maximum Gasteiger partial charge on any atom is 0.292 e. The van der Waals surface area contributed by atoms with E-state index in [-0.39, 0.29) is 11.3 Å². The number of nitrogens with zero attached hydrogens (tertiary/aromatic N) is 3. The third kappa shape index (κ3) is 3.83. The predicted molar refractivity (Wildman–Crippen MR) is 91.8 cm³/mol. The highest BCUT2D eigenvalue weighted by molar-refractivity contribution is 6.05. The van der Waals surface area contributed by atoms with Gasteiger partial charge >= 0.3 is 0 Å². The summed E-state index contributed by atoms with van der Waals surface area (Å²) < 4.78 is 1.30. The van der Waals surface area contributed by atoms with Crippen molar-refractivity contribution < 1.29 is 4.79 Å². The van der Waals surface area contributed by atoms with Crippen LogP contribution in [-0.4, -0.2) is 21.4 Å². The number of benzene rings is 1. The Morgan fingerprint density at radius 1 is 1.26 bits per heavy atom. The second-order valence-corrected chi connectivity index (χ2v) is 5.41. The van der Waals surface area contributed by atoms with Crippen molar-refractivity contribution in [2.45, 2.75) is 46.6 Å². The number of carbonyl (C=O) groups is 1.